The quantitative estimate of drug-likeness (QED) is 0.842. The SMILES string of the molecule is OCCN(CC(O)c1ccc(F)cc1)C1CCCCC1. The van der Waals surface area contributed by atoms with Crippen LogP contribution < -0.4 is 0 Å². The zero-order chi connectivity index (χ0) is 14.4. The highest BCUT2D eigenvalue weighted by molar-refractivity contribution is 5.18. The first-order valence-corrected chi connectivity index (χ1v) is 7.49. The second-order valence-electron chi connectivity index (χ2n) is 5.58. The van der Waals surface area contributed by atoms with Gasteiger partial charge in [-0.1, -0.05) is 31.4 Å². The molecule has 0 radical (unpaired) electrons. The van der Waals surface area contributed by atoms with Crippen molar-refractivity contribution >= 4 is 0 Å². The fourth-order valence-electron chi connectivity index (χ4n) is 3.01. The maximum atomic E-state index is 12.9. The molecule has 1 aromatic carbocycles. The van der Waals surface area contributed by atoms with Crippen LogP contribution in [0.1, 0.15) is 43.8 Å². The van der Waals surface area contributed by atoms with Crippen molar-refractivity contribution in [1.29, 1.82) is 0 Å². The van der Waals surface area contributed by atoms with Crippen LogP contribution in [-0.4, -0.2) is 40.9 Å². The predicted molar refractivity (Wildman–Crippen MR) is 76.9 cm³/mol. The Kier molecular flexibility index (Phi) is 5.95. The second kappa shape index (κ2) is 7.72. The highest BCUT2D eigenvalue weighted by atomic mass is 19.1. The van der Waals surface area contributed by atoms with Crippen LogP contribution in [0.5, 0.6) is 0 Å². The summed E-state index contributed by atoms with van der Waals surface area (Å²) in [7, 11) is 0. The largest absolute Gasteiger partial charge is 0.395 e. The van der Waals surface area contributed by atoms with E-state index >= 15 is 0 Å². The maximum absolute atomic E-state index is 12.9. The number of halogens is 1. The predicted octanol–water partition coefficient (Wildman–Crippen LogP) is 2.49. The Labute approximate surface area is 120 Å². The van der Waals surface area contributed by atoms with Crippen LogP contribution in [0.15, 0.2) is 24.3 Å². The van der Waals surface area contributed by atoms with Gasteiger partial charge in [0.05, 0.1) is 12.7 Å². The van der Waals surface area contributed by atoms with Gasteiger partial charge < -0.3 is 10.2 Å². The number of aliphatic hydroxyl groups excluding tert-OH is 2. The van der Waals surface area contributed by atoms with Gasteiger partial charge >= 0.3 is 0 Å². The van der Waals surface area contributed by atoms with Gasteiger partial charge in [0.25, 0.3) is 0 Å². The molecule has 112 valence electrons. The van der Waals surface area contributed by atoms with Crippen molar-refractivity contribution in [3.8, 4) is 0 Å². The van der Waals surface area contributed by atoms with Crippen LogP contribution in [0.25, 0.3) is 0 Å². The van der Waals surface area contributed by atoms with Crippen LogP contribution >= 0.6 is 0 Å². The van der Waals surface area contributed by atoms with Gasteiger partial charge in [-0.3, -0.25) is 4.90 Å². The molecule has 1 fully saturated rings. The van der Waals surface area contributed by atoms with E-state index in [4.69, 9.17) is 0 Å². The average Bonchev–Trinajstić information content (AvgIpc) is 2.48. The van der Waals surface area contributed by atoms with E-state index in [0.717, 1.165) is 18.4 Å². The summed E-state index contributed by atoms with van der Waals surface area (Å²) < 4.78 is 12.9. The maximum Gasteiger partial charge on any atom is 0.123 e. The minimum absolute atomic E-state index is 0.104. The molecule has 0 spiro atoms. The molecule has 0 amide bonds. The summed E-state index contributed by atoms with van der Waals surface area (Å²) in [6.45, 7) is 1.19. The van der Waals surface area contributed by atoms with E-state index in [9.17, 15) is 14.6 Å². The number of hydrogen-bond acceptors (Lipinski definition) is 3. The molecule has 1 saturated carbocycles. The van der Waals surface area contributed by atoms with Crippen LogP contribution in [-0.2, 0) is 0 Å². The Hall–Kier alpha value is -0.970. The van der Waals surface area contributed by atoms with Gasteiger partial charge in [0.15, 0.2) is 0 Å². The molecule has 1 aliphatic rings. The normalized spacial score (nSPS) is 18.4. The van der Waals surface area contributed by atoms with Crippen molar-refractivity contribution in [2.75, 3.05) is 19.7 Å². The number of rotatable bonds is 6. The van der Waals surface area contributed by atoms with Gasteiger partial charge in [-0.25, -0.2) is 4.39 Å². The van der Waals surface area contributed by atoms with Gasteiger partial charge in [0.1, 0.15) is 5.82 Å². The van der Waals surface area contributed by atoms with Crippen molar-refractivity contribution in [2.45, 2.75) is 44.2 Å². The Bertz CT molecular complexity index is 390. The molecule has 4 heteroatoms. The number of hydrogen-bond donors (Lipinski definition) is 2. The molecular formula is C16H24FNO2. The summed E-state index contributed by atoms with van der Waals surface area (Å²) in [5.41, 5.74) is 0.727. The third kappa shape index (κ3) is 4.27. The van der Waals surface area contributed by atoms with E-state index in [0.29, 0.717) is 19.1 Å². The van der Waals surface area contributed by atoms with Gasteiger partial charge in [-0.05, 0) is 30.5 Å². The molecule has 0 bridgehead atoms. The second-order valence-corrected chi connectivity index (χ2v) is 5.58. The van der Waals surface area contributed by atoms with Gasteiger partial charge in [0.2, 0.25) is 0 Å². The summed E-state index contributed by atoms with van der Waals surface area (Å²) in [6.07, 6.45) is 5.36. The van der Waals surface area contributed by atoms with Crippen molar-refractivity contribution in [2.24, 2.45) is 0 Å². The minimum Gasteiger partial charge on any atom is -0.395 e. The van der Waals surface area contributed by atoms with Crippen LogP contribution in [0.2, 0.25) is 0 Å². The first-order valence-electron chi connectivity index (χ1n) is 7.49. The van der Waals surface area contributed by atoms with Crippen molar-refractivity contribution in [3.63, 3.8) is 0 Å². The zero-order valence-corrected chi connectivity index (χ0v) is 11.8. The molecule has 3 nitrogen and oxygen atoms in total. The summed E-state index contributed by atoms with van der Waals surface area (Å²) in [5, 5.41) is 19.5. The summed E-state index contributed by atoms with van der Waals surface area (Å²) in [4.78, 5) is 2.17. The van der Waals surface area contributed by atoms with Crippen molar-refractivity contribution in [3.05, 3.63) is 35.6 Å². The van der Waals surface area contributed by atoms with Gasteiger partial charge in [-0.2, -0.15) is 0 Å². The standard InChI is InChI=1S/C16H24FNO2/c17-14-8-6-13(7-9-14)16(20)12-18(10-11-19)15-4-2-1-3-5-15/h6-9,15-16,19-20H,1-5,10-12H2. The molecule has 2 rings (SSSR count). The lowest BCUT2D eigenvalue weighted by Crippen LogP contribution is -2.41. The average molecular weight is 281 g/mol. The molecule has 1 aromatic rings. The van der Waals surface area contributed by atoms with E-state index in [-0.39, 0.29) is 12.4 Å². The smallest absolute Gasteiger partial charge is 0.123 e. The summed E-state index contributed by atoms with van der Waals surface area (Å²) in [6, 6.07) is 6.44. The van der Waals surface area contributed by atoms with E-state index in [1.54, 1.807) is 12.1 Å². The lowest BCUT2D eigenvalue weighted by molar-refractivity contribution is 0.0600. The Balaban J connectivity index is 1.97. The lowest BCUT2D eigenvalue weighted by Gasteiger charge is -2.35. The van der Waals surface area contributed by atoms with E-state index in [1.165, 1.54) is 31.4 Å². The van der Waals surface area contributed by atoms with E-state index in [2.05, 4.69) is 4.90 Å². The molecule has 0 heterocycles. The Morgan fingerprint density at radius 2 is 1.80 bits per heavy atom. The van der Waals surface area contributed by atoms with Crippen LogP contribution in [0.4, 0.5) is 4.39 Å². The van der Waals surface area contributed by atoms with Crippen LogP contribution in [0, 0.1) is 5.82 Å². The highest BCUT2D eigenvalue weighted by Crippen LogP contribution is 2.24. The molecule has 0 saturated heterocycles. The number of nitrogens with zero attached hydrogens (tertiary/aromatic N) is 1. The monoisotopic (exact) mass is 281 g/mol. The first-order chi connectivity index (χ1) is 9.70. The van der Waals surface area contributed by atoms with E-state index < -0.39 is 6.10 Å². The topological polar surface area (TPSA) is 43.7 Å². The third-order valence-electron chi connectivity index (χ3n) is 4.14. The highest BCUT2D eigenvalue weighted by Gasteiger charge is 2.23. The minimum atomic E-state index is -0.635. The zero-order valence-electron chi connectivity index (χ0n) is 11.8. The molecule has 2 N–H and O–H groups in total. The van der Waals surface area contributed by atoms with Crippen molar-refractivity contribution < 1.29 is 14.6 Å². The summed E-state index contributed by atoms with van der Waals surface area (Å²) in [5.74, 6) is -0.291. The fourth-order valence-corrected chi connectivity index (χ4v) is 3.01. The molecule has 0 aliphatic heterocycles. The van der Waals surface area contributed by atoms with Crippen molar-refractivity contribution in [1.82, 2.24) is 4.90 Å². The van der Waals surface area contributed by atoms with Gasteiger partial charge in [0, 0.05) is 19.1 Å². The molecule has 1 aliphatic carbocycles. The van der Waals surface area contributed by atoms with E-state index in [1.807, 2.05) is 0 Å². The Morgan fingerprint density at radius 3 is 2.40 bits per heavy atom. The lowest BCUT2D eigenvalue weighted by atomic mass is 9.93. The van der Waals surface area contributed by atoms with Gasteiger partial charge in [-0.15, -0.1) is 0 Å². The molecule has 1 atom stereocenters. The molecule has 20 heavy (non-hydrogen) atoms. The van der Waals surface area contributed by atoms with Crippen LogP contribution in [0.3, 0.4) is 0 Å². The molecule has 1 unspecified atom stereocenters. The number of aliphatic hydroxyl groups is 2. The molecule has 0 aromatic heterocycles. The fraction of sp³-hybridized carbons (Fsp3) is 0.625. The summed E-state index contributed by atoms with van der Waals surface area (Å²) >= 11 is 0. The first kappa shape index (κ1) is 15.4. The third-order valence-corrected chi connectivity index (χ3v) is 4.14. The number of benzene rings is 1. The Morgan fingerprint density at radius 1 is 1.15 bits per heavy atom. The molecular weight excluding hydrogens is 257 g/mol.